The predicted molar refractivity (Wildman–Crippen MR) is 120 cm³/mol. The molecule has 1 amide bonds. The van der Waals surface area contributed by atoms with E-state index < -0.39 is 5.91 Å². The van der Waals surface area contributed by atoms with Gasteiger partial charge in [-0.05, 0) is 49.4 Å². The van der Waals surface area contributed by atoms with Crippen LogP contribution in [-0.2, 0) is 0 Å². The number of unbranched alkanes of at least 4 members (excludes halogenated alkanes) is 1. The molecular formula is C24H28N4O3. The van der Waals surface area contributed by atoms with Crippen LogP contribution in [0.15, 0.2) is 48.8 Å². The monoisotopic (exact) mass is 420 g/mol. The van der Waals surface area contributed by atoms with Crippen molar-refractivity contribution in [3.05, 3.63) is 54.4 Å². The van der Waals surface area contributed by atoms with Crippen LogP contribution < -0.4 is 10.4 Å². The zero-order chi connectivity index (χ0) is 21.6. The van der Waals surface area contributed by atoms with Crippen molar-refractivity contribution < 1.29 is 15.1 Å². The first-order chi connectivity index (χ1) is 15.2. The quantitative estimate of drug-likeness (QED) is 0.306. The molecule has 0 unspecified atom stereocenters. The number of carbonyl (C=O) groups excluding carboxylic acids is 1. The summed E-state index contributed by atoms with van der Waals surface area (Å²) in [7, 11) is 0. The van der Waals surface area contributed by atoms with Crippen LogP contribution in [0.4, 0.5) is 5.69 Å². The van der Waals surface area contributed by atoms with E-state index in [0.29, 0.717) is 28.8 Å². The summed E-state index contributed by atoms with van der Waals surface area (Å²) in [6.45, 7) is 2.39. The van der Waals surface area contributed by atoms with Gasteiger partial charge >= 0.3 is 0 Å². The molecule has 1 aliphatic rings. The topological polar surface area (TPSA) is 98.6 Å². The molecule has 7 heteroatoms. The van der Waals surface area contributed by atoms with Gasteiger partial charge in [-0.1, -0.05) is 25.0 Å². The van der Waals surface area contributed by atoms with Crippen molar-refractivity contribution in [2.45, 2.75) is 32.1 Å². The SMILES string of the molecule is O=C(NO)c1cc(-c2ccc(N3CCC(CCCCO)CC3)cc2)nc2ccncc12. The highest BCUT2D eigenvalue weighted by atomic mass is 16.5. The standard InChI is InChI=1S/C24H28N4O3/c29-14-2-1-3-17-9-12-28(13-10-17)19-6-4-18(5-7-19)23-15-20(24(30)27-31)21-16-25-11-8-22(21)26-23/h4-8,11,15-17,29,31H,1-3,9-10,12-14H2,(H,27,30). The first kappa shape index (κ1) is 21.2. The van der Waals surface area contributed by atoms with Crippen LogP contribution in [-0.4, -0.2) is 45.9 Å². The van der Waals surface area contributed by atoms with Gasteiger partial charge in [-0.2, -0.15) is 0 Å². The molecule has 2 aromatic heterocycles. The van der Waals surface area contributed by atoms with Gasteiger partial charge in [0.25, 0.3) is 5.91 Å². The number of rotatable bonds is 7. The maximum atomic E-state index is 12.1. The zero-order valence-corrected chi connectivity index (χ0v) is 17.5. The Morgan fingerprint density at radius 3 is 2.61 bits per heavy atom. The van der Waals surface area contributed by atoms with Crippen molar-refractivity contribution in [3.8, 4) is 11.3 Å². The number of nitrogens with one attached hydrogen (secondary N) is 1. The molecule has 4 rings (SSSR count). The van der Waals surface area contributed by atoms with E-state index in [0.717, 1.165) is 37.4 Å². The molecule has 0 atom stereocenters. The predicted octanol–water partition coefficient (Wildman–Crippen LogP) is 3.79. The molecule has 3 N–H and O–H groups in total. The minimum absolute atomic E-state index is 0.292. The van der Waals surface area contributed by atoms with Crippen molar-refractivity contribution >= 4 is 22.5 Å². The lowest BCUT2D eigenvalue weighted by atomic mass is 9.91. The lowest BCUT2D eigenvalue weighted by molar-refractivity contribution is 0.0708. The molecule has 0 spiro atoms. The Bertz CT molecular complexity index is 1030. The number of hydroxylamine groups is 1. The molecule has 162 valence electrons. The maximum absolute atomic E-state index is 12.1. The number of benzene rings is 1. The maximum Gasteiger partial charge on any atom is 0.275 e. The van der Waals surface area contributed by atoms with Crippen molar-refractivity contribution in [1.82, 2.24) is 15.4 Å². The number of carbonyl (C=O) groups is 1. The second-order valence-corrected chi connectivity index (χ2v) is 8.09. The second kappa shape index (κ2) is 9.85. The van der Waals surface area contributed by atoms with Gasteiger partial charge in [0, 0.05) is 48.7 Å². The zero-order valence-electron chi connectivity index (χ0n) is 17.5. The van der Waals surface area contributed by atoms with Crippen LogP contribution in [0, 0.1) is 5.92 Å². The van der Waals surface area contributed by atoms with E-state index in [-0.39, 0.29) is 0 Å². The molecular weight excluding hydrogens is 392 g/mol. The van der Waals surface area contributed by atoms with Gasteiger partial charge < -0.3 is 10.0 Å². The molecule has 1 aromatic carbocycles. The summed E-state index contributed by atoms with van der Waals surface area (Å²) in [5.74, 6) is 0.176. The average Bonchev–Trinajstić information content (AvgIpc) is 2.83. The van der Waals surface area contributed by atoms with E-state index in [9.17, 15) is 4.79 Å². The van der Waals surface area contributed by atoms with Gasteiger partial charge in [-0.15, -0.1) is 0 Å². The van der Waals surface area contributed by atoms with E-state index in [1.54, 1.807) is 30.0 Å². The molecule has 0 bridgehead atoms. The number of amides is 1. The average molecular weight is 421 g/mol. The number of anilines is 1. The summed E-state index contributed by atoms with van der Waals surface area (Å²) in [5, 5.41) is 18.7. The fourth-order valence-electron chi connectivity index (χ4n) is 4.33. The van der Waals surface area contributed by atoms with Crippen molar-refractivity contribution in [2.24, 2.45) is 5.92 Å². The van der Waals surface area contributed by atoms with Crippen molar-refractivity contribution in [3.63, 3.8) is 0 Å². The van der Waals surface area contributed by atoms with Crippen LogP contribution in [0.3, 0.4) is 0 Å². The van der Waals surface area contributed by atoms with Crippen molar-refractivity contribution in [2.75, 3.05) is 24.6 Å². The number of hydrogen-bond acceptors (Lipinski definition) is 6. The number of piperidine rings is 1. The summed E-state index contributed by atoms with van der Waals surface area (Å²) >= 11 is 0. The Morgan fingerprint density at radius 2 is 1.90 bits per heavy atom. The summed E-state index contributed by atoms with van der Waals surface area (Å²) in [6, 6.07) is 11.7. The van der Waals surface area contributed by atoms with Gasteiger partial charge in [0.05, 0.1) is 16.8 Å². The molecule has 1 saturated heterocycles. The largest absolute Gasteiger partial charge is 0.396 e. The number of hydrogen-bond donors (Lipinski definition) is 3. The van der Waals surface area contributed by atoms with Crippen molar-refractivity contribution in [1.29, 1.82) is 0 Å². The van der Waals surface area contributed by atoms with Crippen LogP contribution >= 0.6 is 0 Å². The van der Waals surface area contributed by atoms with Gasteiger partial charge in [0.2, 0.25) is 0 Å². The summed E-state index contributed by atoms with van der Waals surface area (Å²) in [5.41, 5.74) is 5.47. The normalized spacial score (nSPS) is 14.7. The van der Waals surface area contributed by atoms with Crippen LogP contribution in [0.25, 0.3) is 22.2 Å². The number of aliphatic hydroxyl groups excluding tert-OH is 1. The minimum Gasteiger partial charge on any atom is -0.396 e. The molecule has 3 heterocycles. The highest BCUT2D eigenvalue weighted by molar-refractivity contribution is 6.06. The lowest BCUT2D eigenvalue weighted by Gasteiger charge is -2.33. The Hall–Kier alpha value is -3.03. The smallest absolute Gasteiger partial charge is 0.275 e. The van der Waals surface area contributed by atoms with E-state index in [2.05, 4.69) is 27.0 Å². The van der Waals surface area contributed by atoms with Crippen LogP contribution in [0.5, 0.6) is 0 Å². The number of fused-ring (bicyclic) bond motifs is 1. The number of aromatic nitrogens is 2. The molecule has 0 radical (unpaired) electrons. The van der Waals surface area contributed by atoms with E-state index in [1.165, 1.54) is 24.9 Å². The van der Waals surface area contributed by atoms with Gasteiger partial charge in [0.15, 0.2) is 0 Å². The molecule has 7 nitrogen and oxygen atoms in total. The second-order valence-electron chi connectivity index (χ2n) is 8.09. The Labute approximate surface area is 181 Å². The Balaban J connectivity index is 1.50. The molecule has 3 aromatic rings. The molecule has 1 fully saturated rings. The molecule has 0 saturated carbocycles. The molecule has 0 aliphatic carbocycles. The third kappa shape index (κ3) is 4.84. The molecule has 1 aliphatic heterocycles. The summed E-state index contributed by atoms with van der Waals surface area (Å²) < 4.78 is 0. The van der Waals surface area contributed by atoms with Gasteiger partial charge in [0.1, 0.15) is 0 Å². The number of aliphatic hydroxyl groups is 1. The fraction of sp³-hybridized carbons (Fsp3) is 0.375. The fourth-order valence-corrected chi connectivity index (χ4v) is 4.33. The van der Waals surface area contributed by atoms with Gasteiger partial charge in [-0.25, -0.2) is 10.5 Å². The number of nitrogens with zero attached hydrogens (tertiary/aromatic N) is 3. The highest BCUT2D eigenvalue weighted by Gasteiger charge is 2.19. The van der Waals surface area contributed by atoms with E-state index in [4.69, 9.17) is 10.3 Å². The Morgan fingerprint density at radius 1 is 1.13 bits per heavy atom. The first-order valence-corrected chi connectivity index (χ1v) is 10.8. The van der Waals surface area contributed by atoms with Crippen LogP contribution in [0.2, 0.25) is 0 Å². The van der Waals surface area contributed by atoms with Crippen LogP contribution in [0.1, 0.15) is 42.5 Å². The molecule has 31 heavy (non-hydrogen) atoms. The third-order valence-electron chi connectivity index (χ3n) is 6.12. The summed E-state index contributed by atoms with van der Waals surface area (Å²) in [4.78, 5) is 23.3. The Kier molecular flexibility index (Phi) is 6.74. The third-order valence-corrected chi connectivity index (χ3v) is 6.12. The highest BCUT2D eigenvalue weighted by Crippen LogP contribution is 2.29. The minimum atomic E-state index is -0.583. The van der Waals surface area contributed by atoms with Gasteiger partial charge in [-0.3, -0.25) is 15.0 Å². The van der Waals surface area contributed by atoms with E-state index in [1.807, 2.05) is 12.1 Å². The summed E-state index contributed by atoms with van der Waals surface area (Å²) in [6.07, 6.45) is 8.81. The lowest BCUT2D eigenvalue weighted by Crippen LogP contribution is -2.33. The number of pyridine rings is 2. The first-order valence-electron chi connectivity index (χ1n) is 10.8. The van der Waals surface area contributed by atoms with E-state index >= 15 is 0 Å².